The second-order valence-corrected chi connectivity index (χ2v) is 8.31. The molecule has 152 valence electrons. The van der Waals surface area contributed by atoms with Gasteiger partial charge < -0.3 is 5.32 Å². The van der Waals surface area contributed by atoms with Gasteiger partial charge in [0.2, 0.25) is 0 Å². The van der Waals surface area contributed by atoms with Crippen molar-refractivity contribution in [2.45, 2.75) is 10.7 Å². The van der Waals surface area contributed by atoms with E-state index in [1.54, 1.807) is 0 Å². The van der Waals surface area contributed by atoms with E-state index < -0.39 is 10.7 Å². The van der Waals surface area contributed by atoms with Gasteiger partial charge in [0.1, 0.15) is 0 Å². The van der Waals surface area contributed by atoms with Crippen LogP contribution in [-0.2, 0) is 10.7 Å². The molecule has 0 saturated heterocycles. The van der Waals surface area contributed by atoms with E-state index in [1.807, 2.05) is 60.7 Å². The summed E-state index contributed by atoms with van der Waals surface area (Å²) in [6, 6.07) is 41.4. The average molecular weight is 423 g/mol. The highest BCUT2D eigenvalue weighted by molar-refractivity contribution is 6.24. The molecule has 4 aromatic rings. The van der Waals surface area contributed by atoms with Gasteiger partial charge in [0, 0.05) is 11.3 Å². The minimum absolute atomic E-state index is 0.628. The van der Waals surface area contributed by atoms with E-state index in [2.05, 4.69) is 77.4 Å². The Kier molecular flexibility index (Phi) is 5.11. The largest absolute Gasteiger partial charge is 0.351 e. The van der Waals surface area contributed by atoms with Gasteiger partial charge in [-0.2, -0.15) is 0 Å². The van der Waals surface area contributed by atoms with Crippen LogP contribution in [0.25, 0.3) is 5.70 Å². The molecule has 0 radical (unpaired) electrons. The maximum Gasteiger partial charge on any atom is 0.194 e. The molecule has 2 nitrogen and oxygen atoms in total. The molecule has 4 aromatic carbocycles. The van der Waals surface area contributed by atoms with Crippen molar-refractivity contribution in [2.75, 3.05) is 0 Å². The highest BCUT2D eigenvalue weighted by atomic mass is 35.5. The quantitative estimate of drug-likeness (QED) is 0.301. The number of hydrogen-bond donors (Lipinski definition) is 2. The maximum absolute atomic E-state index is 7.37. The molecule has 1 aliphatic heterocycles. The minimum atomic E-state index is -1.01. The Morgan fingerprint density at radius 1 is 0.516 bits per heavy atom. The van der Waals surface area contributed by atoms with Crippen molar-refractivity contribution >= 4 is 17.3 Å². The van der Waals surface area contributed by atoms with Gasteiger partial charge in [-0.3, -0.25) is 5.32 Å². The highest BCUT2D eigenvalue weighted by Gasteiger charge is 2.45. The lowest BCUT2D eigenvalue weighted by Crippen LogP contribution is -2.61. The van der Waals surface area contributed by atoms with Crippen molar-refractivity contribution in [1.82, 2.24) is 10.6 Å². The first-order valence-corrected chi connectivity index (χ1v) is 10.8. The summed E-state index contributed by atoms with van der Waals surface area (Å²) < 4.78 is 0. The van der Waals surface area contributed by atoms with Gasteiger partial charge in [0.05, 0.1) is 5.54 Å². The fourth-order valence-electron chi connectivity index (χ4n) is 4.24. The maximum atomic E-state index is 7.37. The zero-order valence-electron chi connectivity index (χ0n) is 17.0. The summed E-state index contributed by atoms with van der Waals surface area (Å²) in [7, 11) is 0. The zero-order chi connectivity index (χ0) is 21.2. The molecular weight excluding hydrogens is 400 g/mol. The SMILES string of the molecule is ClC1(c2ccccc2)NC(c2ccccc2)=CC(c2ccccc2)(c2ccccc2)N1. The zero-order valence-corrected chi connectivity index (χ0v) is 17.8. The van der Waals surface area contributed by atoms with Gasteiger partial charge in [-0.1, -0.05) is 133 Å². The Hall–Kier alpha value is -3.33. The van der Waals surface area contributed by atoms with Crippen molar-refractivity contribution in [3.05, 3.63) is 150 Å². The van der Waals surface area contributed by atoms with Gasteiger partial charge in [0.15, 0.2) is 5.12 Å². The molecule has 1 atom stereocenters. The Morgan fingerprint density at radius 2 is 0.935 bits per heavy atom. The summed E-state index contributed by atoms with van der Waals surface area (Å²) in [6.45, 7) is 0. The number of halogens is 1. The van der Waals surface area contributed by atoms with E-state index in [1.165, 1.54) is 0 Å². The molecule has 0 fully saturated rings. The van der Waals surface area contributed by atoms with Crippen LogP contribution in [0.1, 0.15) is 22.3 Å². The fourth-order valence-corrected chi connectivity index (χ4v) is 4.62. The van der Waals surface area contributed by atoms with Crippen LogP contribution in [0, 0.1) is 0 Å². The number of nitrogens with one attached hydrogen (secondary N) is 2. The third-order valence-corrected chi connectivity index (χ3v) is 6.16. The van der Waals surface area contributed by atoms with Gasteiger partial charge in [-0.05, 0) is 22.8 Å². The van der Waals surface area contributed by atoms with Crippen molar-refractivity contribution in [3.63, 3.8) is 0 Å². The smallest absolute Gasteiger partial charge is 0.194 e. The molecule has 1 unspecified atom stereocenters. The predicted molar refractivity (Wildman–Crippen MR) is 128 cm³/mol. The van der Waals surface area contributed by atoms with E-state index in [9.17, 15) is 0 Å². The van der Waals surface area contributed by atoms with E-state index in [0.29, 0.717) is 0 Å². The Balaban J connectivity index is 1.79. The van der Waals surface area contributed by atoms with Crippen molar-refractivity contribution < 1.29 is 0 Å². The van der Waals surface area contributed by atoms with E-state index >= 15 is 0 Å². The van der Waals surface area contributed by atoms with E-state index in [4.69, 9.17) is 11.6 Å². The summed E-state index contributed by atoms with van der Waals surface area (Å²) in [4.78, 5) is 0. The van der Waals surface area contributed by atoms with Crippen molar-refractivity contribution in [2.24, 2.45) is 0 Å². The molecule has 1 aliphatic rings. The van der Waals surface area contributed by atoms with E-state index in [0.717, 1.165) is 28.0 Å². The lowest BCUT2D eigenvalue weighted by Gasteiger charge is -2.47. The normalized spacial score (nSPS) is 19.8. The third kappa shape index (κ3) is 3.65. The molecule has 0 aromatic heterocycles. The Bertz CT molecular complexity index is 1140. The molecule has 0 amide bonds. The van der Waals surface area contributed by atoms with Crippen molar-refractivity contribution in [3.8, 4) is 0 Å². The fraction of sp³-hybridized carbons (Fsp3) is 0.0714. The first kappa shape index (κ1) is 19.6. The van der Waals surface area contributed by atoms with Crippen molar-refractivity contribution in [1.29, 1.82) is 0 Å². The van der Waals surface area contributed by atoms with Gasteiger partial charge in [-0.15, -0.1) is 0 Å². The van der Waals surface area contributed by atoms with Crippen LogP contribution in [0.15, 0.2) is 127 Å². The summed E-state index contributed by atoms with van der Waals surface area (Å²) in [5.74, 6) is 0. The third-order valence-electron chi connectivity index (χ3n) is 5.75. The first-order valence-electron chi connectivity index (χ1n) is 10.4. The second-order valence-electron chi connectivity index (χ2n) is 7.74. The molecular formula is C28H23ClN2. The van der Waals surface area contributed by atoms with Crippen LogP contribution in [0.3, 0.4) is 0 Å². The van der Waals surface area contributed by atoms with Crippen LogP contribution in [-0.4, -0.2) is 0 Å². The Labute approximate surface area is 188 Å². The lowest BCUT2D eigenvalue weighted by atomic mass is 9.79. The first-order chi connectivity index (χ1) is 15.2. The predicted octanol–water partition coefficient (Wildman–Crippen LogP) is 6.21. The topological polar surface area (TPSA) is 24.1 Å². The molecule has 3 heteroatoms. The Morgan fingerprint density at radius 3 is 1.42 bits per heavy atom. The summed E-state index contributed by atoms with van der Waals surface area (Å²) in [6.07, 6.45) is 2.25. The number of alkyl halides is 1. The standard InChI is InChI=1S/C28H23ClN2/c29-28(25-19-11-4-12-20-25)30-26(22-13-5-1-6-14-22)21-27(31-28,23-15-7-2-8-16-23)24-17-9-3-10-18-24/h1-21,30-31H. The van der Waals surface area contributed by atoms with Crippen LogP contribution in [0.5, 0.6) is 0 Å². The summed E-state index contributed by atoms with van der Waals surface area (Å²) >= 11 is 7.37. The highest BCUT2D eigenvalue weighted by Crippen LogP contribution is 2.42. The molecule has 5 rings (SSSR count). The van der Waals surface area contributed by atoms with Crippen LogP contribution in [0.2, 0.25) is 0 Å². The molecule has 0 bridgehead atoms. The minimum Gasteiger partial charge on any atom is -0.351 e. The average Bonchev–Trinajstić information content (AvgIpc) is 2.86. The molecule has 0 saturated carbocycles. The number of benzene rings is 4. The monoisotopic (exact) mass is 422 g/mol. The lowest BCUT2D eigenvalue weighted by molar-refractivity contribution is 0.323. The van der Waals surface area contributed by atoms with Gasteiger partial charge >= 0.3 is 0 Å². The van der Waals surface area contributed by atoms with E-state index in [-0.39, 0.29) is 0 Å². The molecule has 0 aliphatic carbocycles. The second kappa shape index (κ2) is 8.07. The molecule has 2 N–H and O–H groups in total. The number of hydrogen-bond acceptors (Lipinski definition) is 2. The molecule has 1 heterocycles. The summed E-state index contributed by atoms with van der Waals surface area (Å²) in [5, 5.41) is 6.33. The van der Waals surface area contributed by atoms with Crippen LogP contribution < -0.4 is 10.6 Å². The van der Waals surface area contributed by atoms with Crippen LogP contribution in [0.4, 0.5) is 0 Å². The van der Waals surface area contributed by atoms with Gasteiger partial charge in [0.25, 0.3) is 0 Å². The van der Waals surface area contributed by atoms with Gasteiger partial charge in [-0.25, -0.2) is 0 Å². The molecule has 31 heavy (non-hydrogen) atoms. The summed E-state index contributed by atoms with van der Waals surface area (Å²) in [5.41, 5.74) is 4.63. The number of rotatable bonds is 4. The molecule has 0 spiro atoms. The van der Waals surface area contributed by atoms with Crippen LogP contribution >= 0.6 is 11.6 Å².